The molecule has 0 bridgehead atoms. The second-order valence-electron chi connectivity index (χ2n) is 4.94. The lowest BCUT2D eigenvalue weighted by Crippen LogP contribution is -2.53. The highest BCUT2D eigenvalue weighted by atomic mass is 32.2. The molecule has 110 valence electrons. The van der Waals surface area contributed by atoms with Gasteiger partial charge < -0.3 is 15.4 Å². The normalized spacial score (nSPS) is 22.5. The summed E-state index contributed by atoms with van der Waals surface area (Å²) in [5, 5.41) is 6.13. The van der Waals surface area contributed by atoms with E-state index in [4.69, 9.17) is 4.74 Å². The van der Waals surface area contributed by atoms with Gasteiger partial charge in [0.15, 0.2) is 0 Å². The van der Waals surface area contributed by atoms with Gasteiger partial charge in [-0.25, -0.2) is 0 Å². The number of anilines is 1. The van der Waals surface area contributed by atoms with Crippen LogP contribution in [0.3, 0.4) is 0 Å². The van der Waals surface area contributed by atoms with Crippen LogP contribution in [0.5, 0.6) is 0 Å². The summed E-state index contributed by atoms with van der Waals surface area (Å²) in [6, 6.07) is 7.78. The second-order valence-corrected chi connectivity index (χ2v) is 5.92. The Kier molecular flexibility index (Phi) is 5.88. The van der Waals surface area contributed by atoms with Crippen molar-refractivity contribution in [1.82, 2.24) is 5.32 Å². The molecule has 1 aliphatic heterocycles. The van der Waals surface area contributed by atoms with Crippen molar-refractivity contribution < 1.29 is 9.53 Å². The molecule has 2 rings (SSSR count). The molecule has 5 heteroatoms. The fourth-order valence-electron chi connectivity index (χ4n) is 2.22. The number of hydrogen-bond acceptors (Lipinski definition) is 4. The molecule has 0 aliphatic carbocycles. The topological polar surface area (TPSA) is 50.4 Å². The molecule has 1 heterocycles. The summed E-state index contributed by atoms with van der Waals surface area (Å²) >= 11 is 1.84. The molecular weight excluding hydrogens is 272 g/mol. The number of carbonyl (C=O) groups excluding carboxylic acids is 1. The first-order chi connectivity index (χ1) is 9.70. The Balaban J connectivity index is 1.90. The molecule has 0 radical (unpaired) electrons. The summed E-state index contributed by atoms with van der Waals surface area (Å²) in [6.45, 7) is 3.30. The molecule has 0 aromatic heterocycles. The number of morpholine rings is 1. The fraction of sp³-hybridized carbons (Fsp3) is 0.533. The van der Waals surface area contributed by atoms with E-state index in [1.54, 1.807) is 0 Å². The number of thioether (sulfide) groups is 1. The highest BCUT2D eigenvalue weighted by molar-refractivity contribution is 7.98. The number of carbonyl (C=O) groups is 1. The third-order valence-corrected chi connectivity index (χ3v) is 4.03. The Morgan fingerprint density at radius 3 is 2.85 bits per heavy atom. The van der Waals surface area contributed by atoms with Crippen LogP contribution in [0, 0.1) is 0 Å². The molecule has 1 fully saturated rings. The van der Waals surface area contributed by atoms with Gasteiger partial charge in [-0.2, -0.15) is 11.8 Å². The minimum Gasteiger partial charge on any atom is -0.375 e. The summed E-state index contributed by atoms with van der Waals surface area (Å²) in [5.74, 6) is 1.08. The van der Waals surface area contributed by atoms with E-state index in [9.17, 15) is 4.79 Å². The average molecular weight is 294 g/mol. The number of amides is 1. The van der Waals surface area contributed by atoms with Crippen LogP contribution in [0.4, 0.5) is 5.69 Å². The molecule has 1 saturated heterocycles. The van der Waals surface area contributed by atoms with Gasteiger partial charge in [0.25, 0.3) is 0 Å². The summed E-state index contributed by atoms with van der Waals surface area (Å²) in [4.78, 5) is 12.2. The minimum absolute atomic E-state index is 0.0333. The number of nitrogens with one attached hydrogen (secondary N) is 2. The van der Waals surface area contributed by atoms with Crippen LogP contribution in [-0.2, 0) is 16.0 Å². The predicted octanol–water partition coefficient (Wildman–Crippen LogP) is 1.91. The smallest absolute Gasteiger partial charge is 0.244 e. The van der Waals surface area contributed by atoms with E-state index in [0.29, 0.717) is 6.61 Å². The quantitative estimate of drug-likeness (QED) is 0.871. The van der Waals surface area contributed by atoms with Crippen molar-refractivity contribution in [2.75, 3.05) is 30.5 Å². The Hall–Kier alpha value is -1.04. The number of rotatable bonds is 5. The number of hydrogen-bond donors (Lipinski definition) is 2. The van der Waals surface area contributed by atoms with Crippen molar-refractivity contribution in [3.63, 3.8) is 0 Å². The van der Waals surface area contributed by atoms with Crippen molar-refractivity contribution >= 4 is 23.4 Å². The Labute approximate surface area is 124 Å². The SMILES string of the molecule is CSCCc1ccc(NC(=O)[C@H]2NCCO[C@@H]2C)cc1. The standard InChI is InChI=1S/C15H22N2O2S/c1-11-14(16-8-9-19-11)15(18)17-13-5-3-12(4-6-13)7-10-20-2/h3-6,11,14,16H,7-10H2,1-2H3,(H,17,18)/t11-,14+/m1/s1. The van der Waals surface area contributed by atoms with Crippen LogP contribution in [0.1, 0.15) is 12.5 Å². The van der Waals surface area contributed by atoms with Gasteiger partial charge in [0.2, 0.25) is 5.91 Å². The second kappa shape index (κ2) is 7.67. The molecule has 1 aromatic rings. The minimum atomic E-state index is -0.278. The largest absolute Gasteiger partial charge is 0.375 e. The number of aryl methyl sites for hydroxylation is 1. The van der Waals surface area contributed by atoms with E-state index in [1.165, 1.54) is 5.56 Å². The van der Waals surface area contributed by atoms with E-state index in [1.807, 2.05) is 30.8 Å². The maximum absolute atomic E-state index is 12.2. The van der Waals surface area contributed by atoms with Gasteiger partial charge in [0, 0.05) is 12.2 Å². The summed E-state index contributed by atoms with van der Waals surface area (Å²) < 4.78 is 5.49. The van der Waals surface area contributed by atoms with Crippen LogP contribution in [-0.4, -0.2) is 43.2 Å². The third-order valence-electron chi connectivity index (χ3n) is 3.42. The van der Waals surface area contributed by atoms with Gasteiger partial charge in [-0.3, -0.25) is 4.79 Å². The predicted molar refractivity (Wildman–Crippen MR) is 84.4 cm³/mol. The summed E-state index contributed by atoms with van der Waals surface area (Å²) in [6.07, 6.45) is 3.07. The van der Waals surface area contributed by atoms with Gasteiger partial charge >= 0.3 is 0 Å². The number of benzene rings is 1. The molecule has 0 saturated carbocycles. The Morgan fingerprint density at radius 1 is 1.45 bits per heavy atom. The number of ether oxygens (including phenoxy) is 1. The first kappa shape index (κ1) is 15.4. The van der Waals surface area contributed by atoms with Crippen molar-refractivity contribution in [3.8, 4) is 0 Å². The maximum Gasteiger partial charge on any atom is 0.244 e. The van der Waals surface area contributed by atoms with E-state index >= 15 is 0 Å². The van der Waals surface area contributed by atoms with E-state index in [0.717, 1.165) is 24.4 Å². The highest BCUT2D eigenvalue weighted by Gasteiger charge is 2.28. The lowest BCUT2D eigenvalue weighted by atomic mass is 10.1. The zero-order valence-electron chi connectivity index (χ0n) is 12.0. The summed E-state index contributed by atoms with van der Waals surface area (Å²) in [7, 11) is 0. The fourth-order valence-corrected chi connectivity index (χ4v) is 2.66. The van der Waals surface area contributed by atoms with E-state index in [2.05, 4.69) is 29.0 Å². The molecular formula is C15H22N2O2S. The van der Waals surface area contributed by atoms with Gasteiger partial charge in [0.1, 0.15) is 6.04 Å². The van der Waals surface area contributed by atoms with Gasteiger partial charge in [-0.1, -0.05) is 12.1 Å². The molecule has 2 atom stereocenters. The van der Waals surface area contributed by atoms with Crippen LogP contribution >= 0.6 is 11.8 Å². The van der Waals surface area contributed by atoms with Crippen molar-refractivity contribution in [1.29, 1.82) is 0 Å². The Morgan fingerprint density at radius 2 is 2.20 bits per heavy atom. The lowest BCUT2D eigenvalue weighted by Gasteiger charge is -2.29. The molecule has 4 nitrogen and oxygen atoms in total. The zero-order chi connectivity index (χ0) is 14.4. The van der Waals surface area contributed by atoms with E-state index < -0.39 is 0 Å². The monoisotopic (exact) mass is 294 g/mol. The van der Waals surface area contributed by atoms with Crippen LogP contribution in [0.15, 0.2) is 24.3 Å². The first-order valence-electron chi connectivity index (χ1n) is 6.94. The lowest BCUT2D eigenvalue weighted by molar-refractivity contribution is -0.123. The third kappa shape index (κ3) is 4.23. The average Bonchev–Trinajstić information content (AvgIpc) is 2.47. The maximum atomic E-state index is 12.2. The van der Waals surface area contributed by atoms with Gasteiger partial charge in [0.05, 0.1) is 12.7 Å². The highest BCUT2D eigenvalue weighted by Crippen LogP contribution is 2.13. The first-order valence-corrected chi connectivity index (χ1v) is 8.34. The van der Waals surface area contributed by atoms with Crippen LogP contribution in [0.2, 0.25) is 0 Å². The molecule has 2 N–H and O–H groups in total. The van der Waals surface area contributed by atoms with Crippen molar-refractivity contribution in [3.05, 3.63) is 29.8 Å². The van der Waals surface area contributed by atoms with Gasteiger partial charge in [-0.05, 0) is 43.0 Å². The van der Waals surface area contributed by atoms with E-state index in [-0.39, 0.29) is 18.1 Å². The Bertz CT molecular complexity index is 436. The zero-order valence-corrected chi connectivity index (χ0v) is 12.8. The van der Waals surface area contributed by atoms with Crippen LogP contribution in [0.25, 0.3) is 0 Å². The molecule has 0 unspecified atom stereocenters. The van der Waals surface area contributed by atoms with Gasteiger partial charge in [-0.15, -0.1) is 0 Å². The molecule has 1 amide bonds. The van der Waals surface area contributed by atoms with Crippen molar-refractivity contribution in [2.24, 2.45) is 0 Å². The van der Waals surface area contributed by atoms with Crippen LogP contribution < -0.4 is 10.6 Å². The molecule has 1 aliphatic rings. The molecule has 1 aromatic carbocycles. The summed E-state index contributed by atoms with van der Waals surface area (Å²) in [5.41, 5.74) is 2.13. The molecule has 0 spiro atoms. The van der Waals surface area contributed by atoms with Crippen molar-refractivity contribution in [2.45, 2.75) is 25.5 Å². The molecule has 20 heavy (non-hydrogen) atoms.